The molecule has 0 atom stereocenters. The van der Waals surface area contributed by atoms with Crippen molar-refractivity contribution in [3.8, 4) is 17.0 Å². The minimum atomic E-state index is -0.256. The number of benzene rings is 1. The van der Waals surface area contributed by atoms with E-state index in [0.717, 1.165) is 22.3 Å². The molecule has 0 radical (unpaired) electrons. The number of aromatic hydroxyl groups is 1. The lowest BCUT2D eigenvalue weighted by Crippen LogP contribution is -2.17. The zero-order valence-corrected chi connectivity index (χ0v) is 12.2. The quantitative estimate of drug-likeness (QED) is 0.745. The van der Waals surface area contributed by atoms with Gasteiger partial charge in [-0.2, -0.15) is 4.98 Å². The van der Waals surface area contributed by atoms with Crippen LogP contribution in [0, 0.1) is 20.8 Å². The normalized spacial score (nSPS) is 11.0. The van der Waals surface area contributed by atoms with Crippen molar-refractivity contribution in [1.29, 1.82) is 0 Å². The predicted molar refractivity (Wildman–Crippen MR) is 82.8 cm³/mol. The summed E-state index contributed by atoms with van der Waals surface area (Å²) >= 11 is 0. The van der Waals surface area contributed by atoms with E-state index in [0.29, 0.717) is 5.65 Å². The van der Waals surface area contributed by atoms with Gasteiger partial charge >= 0.3 is 0 Å². The number of aromatic nitrogens is 2. The number of nitrogens with zero attached hydrogens (tertiary/aromatic N) is 2. The smallest absolute Gasteiger partial charge is 0.269 e. The average Bonchev–Trinajstić information content (AvgIpc) is 2.41. The van der Waals surface area contributed by atoms with Gasteiger partial charge in [0.1, 0.15) is 11.2 Å². The number of hydrogen-bond donors (Lipinski definition) is 1. The van der Waals surface area contributed by atoms with Crippen molar-refractivity contribution < 1.29 is 5.11 Å². The third kappa shape index (κ3) is 2.09. The highest BCUT2D eigenvalue weighted by molar-refractivity contribution is 5.75. The largest absolute Gasteiger partial charge is 0.493 e. The van der Waals surface area contributed by atoms with Crippen molar-refractivity contribution in [2.75, 3.05) is 0 Å². The van der Waals surface area contributed by atoms with E-state index >= 15 is 0 Å². The lowest BCUT2D eigenvalue weighted by molar-refractivity contribution is 0.455. The Morgan fingerprint density at radius 3 is 2.38 bits per heavy atom. The van der Waals surface area contributed by atoms with Crippen LogP contribution in [0.3, 0.4) is 0 Å². The van der Waals surface area contributed by atoms with Crippen LogP contribution in [0.25, 0.3) is 16.8 Å². The van der Waals surface area contributed by atoms with Gasteiger partial charge in [-0.15, -0.1) is 0 Å². The van der Waals surface area contributed by atoms with E-state index in [1.54, 1.807) is 24.4 Å². The SMILES string of the molecule is Cc1cc(C)c(-c2c(O)nc3ccccn3c2=O)c(C)c1. The van der Waals surface area contributed by atoms with E-state index in [2.05, 4.69) is 4.98 Å². The third-order valence-corrected chi connectivity index (χ3v) is 3.64. The molecule has 106 valence electrons. The fourth-order valence-electron chi connectivity index (χ4n) is 2.87. The molecule has 4 nitrogen and oxygen atoms in total. The molecule has 0 aliphatic rings. The van der Waals surface area contributed by atoms with Crippen LogP contribution in [0.15, 0.2) is 41.3 Å². The van der Waals surface area contributed by atoms with E-state index in [9.17, 15) is 9.90 Å². The first-order valence-electron chi connectivity index (χ1n) is 6.77. The van der Waals surface area contributed by atoms with Crippen molar-refractivity contribution in [3.63, 3.8) is 0 Å². The number of fused-ring (bicyclic) bond motifs is 1. The van der Waals surface area contributed by atoms with Crippen LogP contribution in [0.1, 0.15) is 16.7 Å². The molecule has 2 heterocycles. The summed E-state index contributed by atoms with van der Waals surface area (Å²) in [5, 5.41) is 10.2. The Morgan fingerprint density at radius 2 is 1.71 bits per heavy atom. The zero-order chi connectivity index (χ0) is 15.1. The van der Waals surface area contributed by atoms with Crippen LogP contribution >= 0.6 is 0 Å². The lowest BCUT2D eigenvalue weighted by Gasteiger charge is -2.13. The topological polar surface area (TPSA) is 54.6 Å². The maximum absolute atomic E-state index is 12.7. The average molecular weight is 280 g/mol. The van der Waals surface area contributed by atoms with Gasteiger partial charge < -0.3 is 5.11 Å². The third-order valence-electron chi connectivity index (χ3n) is 3.64. The van der Waals surface area contributed by atoms with Gasteiger partial charge in [-0.1, -0.05) is 23.8 Å². The van der Waals surface area contributed by atoms with E-state index in [-0.39, 0.29) is 17.0 Å². The van der Waals surface area contributed by atoms with Crippen molar-refractivity contribution in [1.82, 2.24) is 9.38 Å². The molecule has 4 heteroatoms. The fourth-order valence-corrected chi connectivity index (χ4v) is 2.87. The number of rotatable bonds is 1. The van der Waals surface area contributed by atoms with Gasteiger partial charge in [0.05, 0.1) is 0 Å². The summed E-state index contributed by atoms with van der Waals surface area (Å²) in [4.78, 5) is 16.8. The maximum Gasteiger partial charge on any atom is 0.269 e. The summed E-state index contributed by atoms with van der Waals surface area (Å²) in [5.74, 6) is -0.221. The highest BCUT2D eigenvalue weighted by Crippen LogP contribution is 2.31. The van der Waals surface area contributed by atoms with Crippen LogP contribution in [0.2, 0.25) is 0 Å². The first-order chi connectivity index (χ1) is 9.99. The van der Waals surface area contributed by atoms with Crippen molar-refractivity contribution in [3.05, 3.63) is 63.6 Å². The monoisotopic (exact) mass is 280 g/mol. The van der Waals surface area contributed by atoms with Crippen LogP contribution in [0.5, 0.6) is 5.88 Å². The van der Waals surface area contributed by atoms with Crippen LogP contribution in [-0.2, 0) is 0 Å². The molecule has 1 aromatic carbocycles. The van der Waals surface area contributed by atoms with Crippen LogP contribution in [-0.4, -0.2) is 14.5 Å². The van der Waals surface area contributed by atoms with Gasteiger partial charge in [0.25, 0.3) is 5.56 Å². The molecular weight excluding hydrogens is 264 g/mol. The second-order valence-corrected chi connectivity index (χ2v) is 5.32. The predicted octanol–water partition coefficient (Wildman–Crippen LogP) is 2.99. The van der Waals surface area contributed by atoms with Crippen LogP contribution < -0.4 is 5.56 Å². The number of aryl methyl sites for hydroxylation is 3. The van der Waals surface area contributed by atoms with Crippen molar-refractivity contribution in [2.24, 2.45) is 0 Å². The molecular formula is C17H16N2O2. The highest BCUT2D eigenvalue weighted by Gasteiger charge is 2.18. The first-order valence-corrected chi connectivity index (χ1v) is 6.77. The van der Waals surface area contributed by atoms with Gasteiger partial charge in [0, 0.05) is 6.20 Å². The Hall–Kier alpha value is -2.62. The minimum Gasteiger partial charge on any atom is -0.493 e. The summed E-state index contributed by atoms with van der Waals surface area (Å²) in [6.45, 7) is 5.89. The van der Waals surface area contributed by atoms with Gasteiger partial charge in [-0.05, 0) is 49.6 Å². The summed E-state index contributed by atoms with van der Waals surface area (Å²) in [7, 11) is 0. The lowest BCUT2D eigenvalue weighted by atomic mass is 9.95. The Kier molecular flexibility index (Phi) is 3.01. The van der Waals surface area contributed by atoms with Gasteiger partial charge in [0.15, 0.2) is 0 Å². The van der Waals surface area contributed by atoms with Crippen molar-refractivity contribution in [2.45, 2.75) is 20.8 Å². The molecule has 3 rings (SSSR count). The molecule has 3 aromatic rings. The molecule has 0 aliphatic carbocycles. The number of pyridine rings is 1. The molecule has 0 fully saturated rings. The summed E-state index contributed by atoms with van der Waals surface area (Å²) in [6, 6.07) is 9.25. The van der Waals surface area contributed by atoms with E-state index in [1.165, 1.54) is 4.40 Å². The Bertz CT molecular complexity index is 887. The Morgan fingerprint density at radius 1 is 1.05 bits per heavy atom. The molecule has 0 bridgehead atoms. The molecule has 0 unspecified atom stereocenters. The summed E-state index contributed by atoms with van der Waals surface area (Å²) in [5.41, 5.74) is 4.24. The Balaban J connectivity index is 2.44. The second-order valence-electron chi connectivity index (χ2n) is 5.32. The molecule has 0 spiro atoms. The van der Waals surface area contributed by atoms with Crippen molar-refractivity contribution >= 4 is 5.65 Å². The molecule has 2 aromatic heterocycles. The molecule has 0 saturated carbocycles. The standard InChI is InChI=1S/C17H16N2O2/c1-10-8-11(2)14(12(3)9-10)15-16(20)18-13-6-4-5-7-19(13)17(15)21/h4-9,20H,1-3H3. The summed E-state index contributed by atoms with van der Waals surface area (Å²) in [6.07, 6.45) is 1.66. The van der Waals surface area contributed by atoms with Crippen LogP contribution in [0.4, 0.5) is 0 Å². The molecule has 1 N–H and O–H groups in total. The second kappa shape index (κ2) is 4.74. The summed E-state index contributed by atoms with van der Waals surface area (Å²) < 4.78 is 1.45. The zero-order valence-electron chi connectivity index (χ0n) is 12.2. The highest BCUT2D eigenvalue weighted by atomic mass is 16.3. The molecule has 0 saturated heterocycles. The molecule has 21 heavy (non-hydrogen) atoms. The number of hydrogen-bond acceptors (Lipinski definition) is 3. The van der Waals surface area contributed by atoms with Gasteiger partial charge in [-0.3, -0.25) is 9.20 Å². The maximum atomic E-state index is 12.7. The minimum absolute atomic E-state index is 0.221. The first kappa shape index (κ1) is 13.4. The van der Waals surface area contributed by atoms with E-state index in [4.69, 9.17) is 0 Å². The van der Waals surface area contributed by atoms with Gasteiger partial charge in [0.2, 0.25) is 5.88 Å². The van der Waals surface area contributed by atoms with E-state index in [1.807, 2.05) is 32.9 Å². The molecule has 0 amide bonds. The molecule has 0 aliphatic heterocycles. The Labute approximate surface area is 122 Å². The fraction of sp³-hybridized carbons (Fsp3) is 0.176. The van der Waals surface area contributed by atoms with E-state index < -0.39 is 0 Å². The van der Waals surface area contributed by atoms with Gasteiger partial charge in [-0.25, -0.2) is 0 Å².